The molecule has 6 atom stereocenters. The Morgan fingerprint density at radius 2 is 1.85 bits per heavy atom. The number of phenolic OH excluding ortho intramolecular Hbond substituents is 1. The minimum Gasteiger partial charge on any atom is -0.507 e. The van der Waals surface area contributed by atoms with Gasteiger partial charge in [0.15, 0.2) is 11.4 Å². The predicted octanol–water partition coefficient (Wildman–Crippen LogP) is -0.187. The van der Waals surface area contributed by atoms with Crippen molar-refractivity contribution in [3.8, 4) is 5.75 Å². The maximum Gasteiger partial charge on any atom is 0.230 e. The lowest BCUT2D eigenvalue weighted by Crippen LogP contribution is -2.73. The van der Waals surface area contributed by atoms with Gasteiger partial charge in [-0.1, -0.05) is 6.08 Å². The Kier molecular flexibility index (Phi) is 7.41. The molecule has 39 heavy (non-hydrogen) atoms. The number of hydrogen-bond acceptors (Lipinski definition) is 10. The summed E-state index contributed by atoms with van der Waals surface area (Å²) in [6, 6.07) is 0.921. The third-order valence-electron chi connectivity index (χ3n) is 8.51. The standard InChI is InChI=1S/C28H38N4O7/c1-7-8-32(6)12-14-11-17(30(2)3)15-9-13-10-16-21(31(4)5)24(35)20(27(29)38)26(37)28(16,39)25(36)18(13)23(34)19(15)22(14)33/h7,11,13,16,20-21,24,33-35,39H,1,8-10,12H2,2-6H3,(H2,29,38)/t13-,16-,20?,21-,24?,28-/m0/s1. The van der Waals surface area contributed by atoms with Crippen molar-refractivity contribution < 1.29 is 34.8 Å². The summed E-state index contributed by atoms with van der Waals surface area (Å²) in [5.74, 6) is -7.47. The number of nitrogens with two attached hydrogens (primary N) is 1. The lowest BCUT2D eigenvalue weighted by molar-refractivity contribution is -0.184. The van der Waals surface area contributed by atoms with Crippen LogP contribution in [0.1, 0.15) is 23.1 Å². The number of hydrogen-bond donors (Lipinski definition) is 5. The maximum absolute atomic E-state index is 14.0. The van der Waals surface area contributed by atoms with Crippen molar-refractivity contribution in [1.82, 2.24) is 9.80 Å². The molecule has 3 aliphatic rings. The van der Waals surface area contributed by atoms with E-state index in [2.05, 4.69) is 6.58 Å². The number of carbonyl (C=O) groups excluding carboxylic acids is 3. The number of likely N-dealkylation sites (N-methyl/N-ethyl adjacent to an activating group) is 2. The van der Waals surface area contributed by atoms with E-state index in [4.69, 9.17) is 5.73 Å². The zero-order valence-electron chi connectivity index (χ0n) is 23.0. The van der Waals surface area contributed by atoms with E-state index in [0.717, 1.165) is 5.69 Å². The van der Waals surface area contributed by atoms with Crippen molar-refractivity contribution >= 4 is 28.9 Å². The third kappa shape index (κ3) is 4.24. The number of primary amides is 1. The summed E-state index contributed by atoms with van der Waals surface area (Å²) in [7, 11) is 8.78. The zero-order chi connectivity index (χ0) is 29.1. The molecule has 2 fully saturated rings. The van der Waals surface area contributed by atoms with E-state index in [0.29, 0.717) is 24.2 Å². The Balaban J connectivity index is 1.92. The van der Waals surface area contributed by atoms with Crippen LogP contribution in [0.25, 0.3) is 5.76 Å². The third-order valence-corrected chi connectivity index (χ3v) is 8.51. The highest BCUT2D eigenvalue weighted by atomic mass is 16.3. The summed E-state index contributed by atoms with van der Waals surface area (Å²) < 4.78 is 0. The fourth-order valence-corrected chi connectivity index (χ4v) is 6.80. The van der Waals surface area contributed by atoms with Crippen LogP contribution in [-0.4, -0.2) is 107 Å². The van der Waals surface area contributed by atoms with Crippen LogP contribution in [0.15, 0.2) is 24.3 Å². The first kappa shape index (κ1) is 28.8. The molecule has 1 aromatic rings. The van der Waals surface area contributed by atoms with Gasteiger partial charge in [0.2, 0.25) is 11.7 Å². The molecular formula is C28H38N4O7. The Morgan fingerprint density at radius 1 is 1.21 bits per heavy atom. The zero-order valence-corrected chi connectivity index (χ0v) is 23.0. The average Bonchev–Trinajstić information content (AvgIpc) is 2.82. The SMILES string of the molecule is C=CCN(C)Cc1cc(N(C)C)c2c(c1O)C(O)=C1C(=O)[C@]3(O)C(=O)C(C(N)=O)C(O)[C@@H](N(C)C)[C@@H]3C[C@@H]1C2. The topological polar surface area (TPSA) is 168 Å². The van der Waals surface area contributed by atoms with Gasteiger partial charge in [0.25, 0.3) is 0 Å². The number of amides is 1. The molecule has 6 N–H and O–H groups in total. The van der Waals surface area contributed by atoms with Crippen LogP contribution in [0.3, 0.4) is 0 Å². The van der Waals surface area contributed by atoms with Gasteiger partial charge in [-0.25, -0.2) is 0 Å². The van der Waals surface area contributed by atoms with Crippen LogP contribution in [0, 0.1) is 17.8 Å². The number of ketones is 2. The van der Waals surface area contributed by atoms with E-state index in [1.54, 1.807) is 25.1 Å². The highest BCUT2D eigenvalue weighted by Crippen LogP contribution is 2.53. The van der Waals surface area contributed by atoms with E-state index in [1.165, 1.54) is 0 Å². The van der Waals surface area contributed by atoms with Gasteiger partial charge in [0, 0.05) is 56.0 Å². The van der Waals surface area contributed by atoms with Gasteiger partial charge in [-0.2, -0.15) is 0 Å². The van der Waals surface area contributed by atoms with Gasteiger partial charge in [-0.15, -0.1) is 6.58 Å². The van der Waals surface area contributed by atoms with E-state index < -0.39 is 58.7 Å². The van der Waals surface area contributed by atoms with Crippen molar-refractivity contribution in [2.45, 2.75) is 37.1 Å². The van der Waals surface area contributed by atoms with E-state index in [9.17, 15) is 34.8 Å². The quantitative estimate of drug-likeness (QED) is 0.230. The van der Waals surface area contributed by atoms with Gasteiger partial charge in [0.1, 0.15) is 17.4 Å². The molecule has 11 heteroatoms. The highest BCUT2D eigenvalue weighted by Gasteiger charge is 2.67. The first-order valence-corrected chi connectivity index (χ1v) is 12.9. The summed E-state index contributed by atoms with van der Waals surface area (Å²) >= 11 is 0. The monoisotopic (exact) mass is 542 g/mol. The second-order valence-corrected chi connectivity index (χ2v) is 11.4. The molecular weight excluding hydrogens is 504 g/mol. The number of rotatable bonds is 7. The number of aromatic hydroxyl groups is 1. The Hall–Kier alpha value is -3.25. The van der Waals surface area contributed by atoms with Gasteiger partial charge >= 0.3 is 0 Å². The average molecular weight is 543 g/mol. The first-order valence-electron chi connectivity index (χ1n) is 12.9. The lowest BCUT2D eigenvalue weighted by Gasteiger charge is -2.53. The summed E-state index contributed by atoms with van der Waals surface area (Å²) in [6.45, 7) is 4.62. The molecule has 1 aromatic carbocycles. The second kappa shape index (κ2) is 10.1. The number of Topliss-reactive ketones (excluding diaryl/α,β-unsaturated/α-hetero) is 2. The van der Waals surface area contributed by atoms with Crippen LogP contribution in [0.4, 0.5) is 5.69 Å². The normalized spacial score (nSPS) is 30.2. The van der Waals surface area contributed by atoms with E-state index >= 15 is 0 Å². The molecule has 1 amide bonds. The summed E-state index contributed by atoms with van der Waals surface area (Å²) in [6.07, 6.45) is 0.536. The van der Waals surface area contributed by atoms with Gasteiger partial charge < -0.3 is 36.0 Å². The molecule has 2 saturated carbocycles. The van der Waals surface area contributed by atoms with Gasteiger partial charge in [-0.05, 0) is 51.5 Å². The minimum atomic E-state index is -2.67. The van der Waals surface area contributed by atoms with Crippen molar-refractivity contribution in [1.29, 1.82) is 0 Å². The number of anilines is 1. The first-order chi connectivity index (χ1) is 18.2. The largest absolute Gasteiger partial charge is 0.507 e. The van der Waals surface area contributed by atoms with Crippen LogP contribution >= 0.6 is 0 Å². The second-order valence-electron chi connectivity index (χ2n) is 11.4. The van der Waals surface area contributed by atoms with Crippen molar-refractivity contribution in [2.75, 3.05) is 46.7 Å². The number of aliphatic hydroxyl groups is 3. The molecule has 0 spiro atoms. The molecule has 2 unspecified atom stereocenters. The Bertz CT molecular complexity index is 1270. The Morgan fingerprint density at radius 3 is 2.38 bits per heavy atom. The smallest absolute Gasteiger partial charge is 0.230 e. The van der Waals surface area contributed by atoms with Crippen LogP contribution in [0.5, 0.6) is 5.75 Å². The molecule has 0 saturated heterocycles. The summed E-state index contributed by atoms with van der Waals surface area (Å²) in [5, 5.41) is 45.6. The summed E-state index contributed by atoms with van der Waals surface area (Å²) in [5.41, 5.74) is 4.59. The van der Waals surface area contributed by atoms with Gasteiger partial charge in [0.05, 0.1) is 11.7 Å². The molecule has 0 aliphatic heterocycles. The predicted molar refractivity (Wildman–Crippen MR) is 145 cm³/mol. The van der Waals surface area contributed by atoms with Crippen molar-refractivity contribution in [3.63, 3.8) is 0 Å². The Labute approximate surface area is 227 Å². The molecule has 0 heterocycles. The number of fused-ring (bicyclic) bond motifs is 3. The van der Waals surface area contributed by atoms with Crippen LogP contribution in [-0.2, 0) is 27.3 Å². The molecule has 0 bridgehead atoms. The lowest BCUT2D eigenvalue weighted by atomic mass is 9.54. The fraction of sp³-hybridized carbons (Fsp3) is 0.536. The number of benzene rings is 1. The van der Waals surface area contributed by atoms with Crippen LogP contribution in [0.2, 0.25) is 0 Å². The number of phenols is 1. The van der Waals surface area contributed by atoms with E-state index in [1.807, 2.05) is 37.0 Å². The molecule has 0 radical (unpaired) electrons. The molecule has 212 valence electrons. The van der Waals surface area contributed by atoms with Gasteiger partial charge in [-0.3, -0.25) is 19.3 Å². The number of nitrogens with zero attached hydrogens (tertiary/aromatic N) is 3. The summed E-state index contributed by atoms with van der Waals surface area (Å²) in [4.78, 5) is 45.0. The van der Waals surface area contributed by atoms with Crippen molar-refractivity contribution in [3.05, 3.63) is 41.0 Å². The van der Waals surface area contributed by atoms with E-state index in [-0.39, 0.29) is 29.7 Å². The molecule has 3 aliphatic carbocycles. The highest BCUT2D eigenvalue weighted by molar-refractivity contribution is 6.25. The number of carbonyl (C=O) groups is 3. The van der Waals surface area contributed by atoms with Crippen LogP contribution < -0.4 is 10.6 Å². The molecule has 11 nitrogen and oxygen atoms in total. The minimum absolute atomic E-state index is 0.0790. The number of aliphatic hydroxyl groups excluding tert-OH is 2. The molecule has 0 aromatic heterocycles. The van der Waals surface area contributed by atoms with Crippen molar-refractivity contribution in [2.24, 2.45) is 23.5 Å². The maximum atomic E-state index is 14.0. The molecule has 4 rings (SSSR count). The fourth-order valence-electron chi connectivity index (χ4n) is 6.80.